The molecule has 13 nitrogen and oxygen atoms in total. The lowest BCUT2D eigenvalue weighted by Gasteiger charge is -2.12. The molecule has 0 saturated carbocycles. The third kappa shape index (κ3) is 23.1. The number of nitrogens with zero attached hydrogens (tertiary/aromatic N) is 2. The van der Waals surface area contributed by atoms with Crippen molar-refractivity contribution in [2.45, 2.75) is 85.2 Å². The highest BCUT2D eigenvalue weighted by Crippen LogP contribution is 2.26. The summed E-state index contributed by atoms with van der Waals surface area (Å²) in [5.74, 6) is 0.187. The van der Waals surface area contributed by atoms with E-state index >= 15 is 0 Å². The Kier molecular flexibility index (Phi) is 24.3. The Morgan fingerprint density at radius 2 is 0.875 bits per heavy atom. The van der Waals surface area contributed by atoms with E-state index in [4.69, 9.17) is 0 Å². The molecule has 2 aliphatic rings. The maximum absolute atomic E-state index is 11.7. The van der Waals surface area contributed by atoms with Gasteiger partial charge in [-0.05, 0) is 55.4 Å². The normalized spacial score (nSPS) is 16.5. The number of likely N-dealkylation sites (tertiary alicyclic amines) is 2. The van der Waals surface area contributed by atoms with E-state index in [-0.39, 0.29) is 108 Å². The summed E-state index contributed by atoms with van der Waals surface area (Å²) in [5, 5.41) is -1.01. The SMILES string of the molecule is C=C(C)CSCC(C)=O.CC(=O)CC(C)=O.CC(=O)CSC1CC(=O)N(CC(C)=O)C1=O.CC(=O)CSC1CC(=O)N(CC(C)=O)C1=O. The van der Waals surface area contributed by atoms with E-state index in [1.54, 1.807) is 18.7 Å². The van der Waals surface area contributed by atoms with Crippen molar-refractivity contribution in [1.82, 2.24) is 9.80 Å². The van der Waals surface area contributed by atoms with E-state index in [0.29, 0.717) is 5.75 Å². The van der Waals surface area contributed by atoms with Crippen LogP contribution in [-0.4, -0.2) is 121 Å². The van der Waals surface area contributed by atoms with Gasteiger partial charge in [-0.15, -0.1) is 35.3 Å². The quantitative estimate of drug-likeness (QED) is 0.128. The van der Waals surface area contributed by atoms with Crippen molar-refractivity contribution in [3.63, 3.8) is 0 Å². The lowest BCUT2D eigenvalue weighted by molar-refractivity contribution is -0.142. The Labute approximate surface area is 294 Å². The molecule has 2 rings (SSSR count). The number of Topliss-reactive ketones (excluding diaryl/α,β-unsaturated/α-hetero) is 7. The Morgan fingerprint density at radius 3 is 1.10 bits per heavy atom. The molecule has 0 N–H and O–H groups in total. The van der Waals surface area contributed by atoms with Gasteiger partial charge >= 0.3 is 0 Å². The van der Waals surface area contributed by atoms with Gasteiger partial charge in [-0.25, -0.2) is 0 Å². The largest absolute Gasteiger partial charge is 0.300 e. The third-order valence-electron chi connectivity index (χ3n) is 5.29. The first-order valence-corrected chi connectivity index (χ1v) is 17.9. The summed E-state index contributed by atoms with van der Waals surface area (Å²) in [6, 6.07) is 0. The van der Waals surface area contributed by atoms with Crippen LogP contribution in [0.15, 0.2) is 12.2 Å². The van der Waals surface area contributed by atoms with E-state index in [0.717, 1.165) is 44.6 Å². The van der Waals surface area contributed by atoms with Crippen molar-refractivity contribution in [3.8, 4) is 0 Å². The molecular formula is C32H46N2O11S3. The van der Waals surface area contributed by atoms with Crippen molar-refractivity contribution in [3.05, 3.63) is 12.2 Å². The van der Waals surface area contributed by atoms with Gasteiger partial charge in [0.25, 0.3) is 0 Å². The average molecular weight is 731 g/mol. The first-order valence-electron chi connectivity index (χ1n) is 14.7. The van der Waals surface area contributed by atoms with Crippen LogP contribution in [0.25, 0.3) is 0 Å². The van der Waals surface area contributed by atoms with Gasteiger partial charge in [-0.2, -0.15) is 0 Å². The summed E-state index contributed by atoms with van der Waals surface area (Å²) in [4.78, 5) is 122. The molecule has 268 valence electrons. The zero-order chi connectivity index (χ0) is 37.7. The van der Waals surface area contributed by atoms with Crippen LogP contribution in [0.4, 0.5) is 0 Å². The van der Waals surface area contributed by atoms with Gasteiger partial charge in [0.05, 0.1) is 47.3 Å². The van der Waals surface area contributed by atoms with Gasteiger partial charge in [0.15, 0.2) is 0 Å². The molecule has 0 aromatic carbocycles. The number of amides is 4. The first-order chi connectivity index (χ1) is 22.1. The molecule has 4 amide bonds. The van der Waals surface area contributed by atoms with Gasteiger partial charge in [0.1, 0.15) is 40.5 Å². The molecule has 16 heteroatoms. The van der Waals surface area contributed by atoms with Crippen molar-refractivity contribution in [2.75, 3.05) is 36.1 Å². The fraction of sp³-hybridized carbons (Fsp3) is 0.594. The van der Waals surface area contributed by atoms with Gasteiger partial charge in [0.2, 0.25) is 23.6 Å². The van der Waals surface area contributed by atoms with Crippen LogP contribution in [0.3, 0.4) is 0 Å². The Hall–Kier alpha value is -3.24. The number of carbonyl (C=O) groups excluding carboxylic acids is 11. The molecule has 2 atom stereocenters. The van der Waals surface area contributed by atoms with E-state index in [1.807, 2.05) is 6.92 Å². The molecule has 0 spiro atoms. The van der Waals surface area contributed by atoms with Gasteiger partial charge in [-0.1, -0.05) is 12.2 Å². The molecule has 0 aliphatic carbocycles. The molecular weight excluding hydrogens is 685 g/mol. The lowest BCUT2D eigenvalue weighted by Crippen LogP contribution is -2.35. The fourth-order valence-electron chi connectivity index (χ4n) is 3.50. The van der Waals surface area contributed by atoms with Gasteiger partial charge in [-0.3, -0.25) is 62.5 Å². The Morgan fingerprint density at radius 1 is 0.542 bits per heavy atom. The summed E-state index contributed by atoms with van der Waals surface area (Å²) in [6.45, 7) is 15.3. The minimum atomic E-state index is -0.504. The van der Waals surface area contributed by atoms with Gasteiger partial charge in [0, 0.05) is 18.6 Å². The van der Waals surface area contributed by atoms with Crippen LogP contribution in [0, 0.1) is 0 Å². The van der Waals surface area contributed by atoms with Crippen LogP contribution in [0.2, 0.25) is 0 Å². The second kappa shape index (κ2) is 24.8. The molecule has 0 radical (unpaired) electrons. The maximum Gasteiger partial charge on any atom is 0.243 e. The van der Waals surface area contributed by atoms with Crippen molar-refractivity contribution < 1.29 is 52.7 Å². The molecule has 2 fully saturated rings. The number of hydrogen-bond donors (Lipinski definition) is 0. The minimum Gasteiger partial charge on any atom is -0.300 e. The molecule has 2 unspecified atom stereocenters. The van der Waals surface area contributed by atoms with E-state index in [9.17, 15) is 52.7 Å². The second-order valence-corrected chi connectivity index (χ2v) is 14.6. The molecule has 0 aromatic rings. The Bertz CT molecular complexity index is 1190. The molecule has 2 aliphatic heterocycles. The molecule has 0 aromatic heterocycles. The number of carbonyl (C=O) groups is 11. The average Bonchev–Trinajstić information content (AvgIpc) is 3.34. The number of ketones is 7. The predicted octanol–water partition coefficient (Wildman–Crippen LogP) is 2.49. The van der Waals surface area contributed by atoms with Crippen molar-refractivity contribution in [2.24, 2.45) is 0 Å². The van der Waals surface area contributed by atoms with E-state index in [1.165, 1.54) is 41.5 Å². The molecule has 0 bridgehead atoms. The standard InChI is InChI=1S/2C10H13NO4S.C7H12OS.C5H8O2/c2*1-6(12)4-11-9(14)3-8(10(11)15)16-5-7(2)13;1-6(2)4-9-5-7(3)8;1-4(6)3-5(2)7/h2*8H,3-5H2,1-2H3;1,4-5H2,2-3H3;3H2,1-2H3. The highest BCUT2D eigenvalue weighted by molar-refractivity contribution is 8.01. The smallest absolute Gasteiger partial charge is 0.243 e. The maximum atomic E-state index is 11.7. The summed E-state index contributed by atoms with van der Waals surface area (Å²) >= 11 is 3.94. The summed E-state index contributed by atoms with van der Waals surface area (Å²) < 4.78 is 0. The molecule has 2 heterocycles. The lowest BCUT2D eigenvalue weighted by atomic mass is 10.2. The number of thioether (sulfide) groups is 3. The van der Waals surface area contributed by atoms with E-state index < -0.39 is 10.5 Å². The van der Waals surface area contributed by atoms with Gasteiger partial charge < -0.3 is 0 Å². The van der Waals surface area contributed by atoms with Crippen molar-refractivity contribution in [1.29, 1.82) is 0 Å². The highest BCUT2D eigenvalue weighted by Gasteiger charge is 2.40. The molecule has 48 heavy (non-hydrogen) atoms. The zero-order valence-corrected chi connectivity index (χ0v) is 31.3. The third-order valence-corrected chi connectivity index (χ3v) is 9.29. The summed E-state index contributed by atoms with van der Waals surface area (Å²) in [6.07, 6.45) is 0.258. The van der Waals surface area contributed by atoms with Crippen LogP contribution < -0.4 is 0 Å². The topological polar surface area (TPSA) is 194 Å². The van der Waals surface area contributed by atoms with Crippen LogP contribution in [0.1, 0.15) is 74.7 Å². The number of rotatable bonds is 16. The number of hydrogen-bond acceptors (Lipinski definition) is 14. The first kappa shape index (κ1) is 46.9. The fourth-order valence-corrected chi connectivity index (χ4v) is 6.17. The van der Waals surface area contributed by atoms with Crippen LogP contribution >= 0.6 is 35.3 Å². The summed E-state index contributed by atoms with van der Waals surface area (Å²) in [7, 11) is 0. The second-order valence-electron chi connectivity index (χ2n) is 11.2. The van der Waals surface area contributed by atoms with E-state index in [2.05, 4.69) is 6.58 Å². The van der Waals surface area contributed by atoms with Crippen LogP contribution in [0.5, 0.6) is 0 Å². The van der Waals surface area contributed by atoms with Crippen LogP contribution in [-0.2, 0) is 52.7 Å². The monoisotopic (exact) mass is 730 g/mol. The summed E-state index contributed by atoms with van der Waals surface area (Å²) in [5.41, 5.74) is 1.13. The molecule has 2 saturated heterocycles. The minimum absolute atomic E-state index is 0.0322. The number of imide groups is 2. The predicted molar refractivity (Wildman–Crippen MR) is 187 cm³/mol. The Balaban J connectivity index is 0. The zero-order valence-electron chi connectivity index (χ0n) is 28.8. The van der Waals surface area contributed by atoms with Crippen molar-refractivity contribution >= 4 is 99.4 Å². The highest BCUT2D eigenvalue weighted by atomic mass is 32.2.